The van der Waals surface area contributed by atoms with Crippen LogP contribution in [0.2, 0.25) is 0 Å². The van der Waals surface area contributed by atoms with E-state index in [1.807, 2.05) is 30.3 Å². The summed E-state index contributed by atoms with van der Waals surface area (Å²) in [5, 5.41) is 1.73. The van der Waals surface area contributed by atoms with Crippen molar-refractivity contribution in [2.45, 2.75) is 11.0 Å². The molecule has 0 aliphatic carbocycles. The minimum atomic E-state index is -3.66. The lowest BCUT2D eigenvalue weighted by Gasteiger charge is -2.26. The molecule has 0 spiro atoms. The van der Waals surface area contributed by atoms with Gasteiger partial charge in [-0.05, 0) is 47.2 Å². The van der Waals surface area contributed by atoms with Gasteiger partial charge in [-0.15, -0.1) is 0 Å². The van der Waals surface area contributed by atoms with Crippen molar-refractivity contribution in [3.8, 4) is 17.2 Å². The van der Waals surface area contributed by atoms with Gasteiger partial charge >= 0.3 is 0 Å². The van der Waals surface area contributed by atoms with E-state index < -0.39 is 10.0 Å². The minimum Gasteiger partial charge on any atom is -0.497 e. The molecule has 4 rings (SSSR count). The fourth-order valence-electron chi connectivity index (χ4n) is 2.95. The lowest BCUT2D eigenvalue weighted by molar-refractivity contribution is 0.0943. The maximum absolute atomic E-state index is 12.7. The molecule has 1 atom stereocenters. The normalized spacial score (nSPS) is 16.3. The molecule has 7 heteroatoms. The first-order chi connectivity index (χ1) is 13.0. The average molecular weight is 385 g/mol. The maximum atomic E-state index is 12.7. The van der Waals surface area contributed by atoms with Crippen LogP contribution in [-0.4, -0.2) is 34.8 Å². The molecule has 0 bridgehead atoms. The van der Waals surface area contributed by atoms with Gasteiger partial charge < -0.3 is 14.2 Å². The first kappa shape index (κ1) is 17.6. The zero-order valence-electron chi connectivity index (χ0n) is 14.7. The van der Waals surface area contributed by atoms with Crippen LogP contribution in [0.25, 0.3) is 10.8 Å². The van der Waals surface area contributed by atoms with E-state index >= 15 is 0 Å². The summed E-state index contributed by atoms with van der Waals surface area (Å²) < 4.78 is 44.5. The van der Waals surface area contributed by atoms with E-state index in [0.29, 0.717) is 11.5 Å². The number of benzene rings is 3. The number of sulfonamides is 1. The Morgan fingerprint density at radius 3 is 2.59 bits per heavy atom. The maximum Gasteiger partial charge on any atom is 0.240 e. The van der Waals surface area contributed by atoms with Crippen LogP contribution in [0.5, 0.6) is 17.2 Å². The number of rotatable bonds is 5. The Morgan fingerprint density at radius 2 is 1.78 bits per heavy atom. The summed E-state index contributed by atoms with van der Waals surface area (Å²) in [6.07, 6.45) is -0.389. The molecule has 0 unspecified atom stereocenters. The fourth-order valence-corrected chi connectivity index (χ4v) is 4.05. The summed E-state index contributed by atoms with van der Waals surface area (Å²) in [5.41, 5.74) is 0. The molecule has 3 aromatic rings. The van der Waals surface area contributed by atoms with Crippen LogP contribution < -0.4 is 18.9 Å². The van der Waals surface area contributed by atoms with E-state index in [1.54, 1.807) is 37.4 Å². The van der Waals surface area contributed by atoms with Gasteiger partial charge in [0.05, 0.1) is 18.6 Å². The highest BCUT2D eigenvalue weighted by Crippen LogP contribution is 2.31. The van der Waals surface area contributed by atoms with Gasteiger partial charge in [0.25, 0.3) is 0 Å². The third-order valence-electron chi connectivity index (χ3n) is 4.40. The second kappa shape index (κ2) is 7.09. The molecule has 27 heavy (non-hydrogen) atoms. The Labute approximate surface area is 157 Å². The molecule has 6 nitrogen and oxygen atoms in total. The van der Waals surface area contributed by atoms with E-state index in [-0.39, 0.29) is 24.2 Å². The summed E-state index contributed by atoms with van der Waals surface area (Å²) >= 11 is 0. The van der Waals surface area contributed by atoms with Gasteiger partial charge in [0.1, 0.15) is 18.5 Å². The lowest BCUT2D eigenvalue weighted by Crippen LogP contribution is -2.40. The topological polar surface area (TPSA) is 73.9 Å². The van der Waals surface area contributed by atoms with Crippen molar-refractivity contribution in [3.05, 3.63) is 60.7 Å². The molecule has 0 aromatic heterocycles. The Bertz CT molecular complexity index is 1080. The van der Waals surface area contributed by atoms with Gasteiger partial charge in [0.2, 0.25) is 10.0 Å². The van der Waals surface area contributed by atoms with Gasteiger partial charge in [0, 0.05) is 0 Å². The smallest absolute Gasteiger partial charge is 0.240 e. The van der Waals surface area contributed by atoms with E-state index in [4.69, 9.17) is 14.2 Å². The highest BCUT2D eigenvalue weighted by molar-refractivity contribution is 7.89. The molecular formula is C20H19NO5S. The van der Waals surface area contributed by atoms with Crippen LogP contribution in [-0.2, 0) is 10.0 Å². The molecule has 3 aromatic carbocycles. The van der Waals surface area contributed by atoms with Crippen molar-refractivity contribution in [3.63, 3.8) is 0 Å². The molecule has 1 aliphatic rings. The minimum absolute atomic E-state index is 0.122. The highest BCUT2D eigenvalue weighted by Gasteiger charge is 2.23. The fraction of sp³-hybridized carbons (Fsp3) is 0.200. The number of methoxy groups -OCH3 is 1. The first-order valence-electron chi connectivity index (χ1n) is 8.51. The zero-order valence-corrected chi connectivity index (χ0v) is 15.5. The van der Waals surface area contributed by atoms with E-state index in [2.05, 4.69) is 4.72 Å². The second-order valence-electron chi connectivity index (χ2n) is 6.22. The summed E-state index contributed by atoms with van der Waals surface area (Å²) in [6, 6.07) is 17.8. The van der Waals surface area contributed by atoms with E-state index in [9.17, 15) is 8.42 Å². The summed E-state index contributed by atoms with van der Waals surface area (Å²) in [6.45, 7) is 0.411. The summed E-state index contributed by atoms with van der Waals surface area (Å²) in [4.78, 5) is 0.206. The van der Waals surface area contributed by atoms with Crippen molar-refractivity contribution in [1.82, 2.24) is 4.72 Å². The predicted molar refractivity (Wildman–Crippen MR) is 102 cm³/mol. The number of hydrogen-bond donors (Lipinski definition) is 1. The molecule has 0 radical (unpaired) electrons. The predicted octanol–water partition coefficient (Wildman–Crippen LogP) is 2.97. The van der Waals surface area contributed by atoms with Crippen LogP contribution in [0, 0.1) is 0 Å². The summed E-state index contributed by atoms with van der Waals surface area (Å²) in [7, 11) is -2.06. The van der Waals surface area contributed by atoms with Crippen LogP contribution in [0.4, 0.5) is 0 Å². The van der Waals surface area contributed by atoms with Gasteiger partial charge in [-0.25, -0.2) is 13.1 Å². The zero-order chi connectivity index (χ0) is 18.9. The number of nitrogens with one attached hydrogen (secondary N) is 1. The average Bonchev–Trinajstić information content (AvgIpc) is 2.71. The highest BCUT2D eigenvalue weighted by atomic mass is 32.2. The van der Waals surface area contributed by atoms with Crippen LogP contribution in [0.3, 0.4) is 0 Å². The summed E-state index contributed by atoms with van der Waals surface area (Å²) in [5.74, 6) is 2.01. The number of fused-ring (bicyclic) bond motifs is 2. The van der Waals surface area contributed by atoms with Gasteiger partial charge in [0.15, 0.2) is 11.5 Å². The van der Waals surface area contributed by atoms with Crippen molar-refractivity contribution in [2.24, 2.45) is 0 Å². The first-order valence-corrected chi connectivity index (χ1v) is 9.99. The van der Waals surface area contributed by atoms with Gasteiger partial charge in [-0.1, -0.05) is 24.3 Å². The lowest BCUT2D eigenvalue weighted by atomic mass is 10.1. The Hall–Kier alpha value is -2.77. The molecule has 1 aliphatic heterocycles. The Morgan fingerprint density at radius 1 is 1.04 bits per heavy atom. The molecule has 1 heterocycles. The number of hydrogen-bond acceptors (Lipinski definition) is 5. The standard InChI is InChI=1S/C20H19NO5S/c1-24-16-8-6-15-11-18(9-7-14(15)10-16)27(22,23)21-12-17-13-25-19-4-2-3-5-20(19)26-17/h2-11,17,21H,12-13H2,1H3/t17-/m1/s1. The van der Waals surface area contributed by atoms with Gasteiger partial charge in [-0.2, -0.15) is 0 Å². The molecule has 140 valence electrons. The van der Waals surface area contributed by atoms with E-state index in [1.165, 1.54) is 0 Å². The van der Waals surface area contributed by atoms with Crippen LogP contribution in [0.15, 0.2) is 65.6 Å². The van der Waals surface area contributed by atoms with Crippen molar-refractivity contribution in [1.29, 1.82) is 0 Å². The monoisotopic (exact) mass is 385 g/mol. The molecule has 0 saturated heterocycles. The van der Waals surface area contributed by atoms with Crippen LogP contribution in [0.1, 0.15) is 0 Å². The van der Waals surface area contributed by atoms with Crippen molar-refractivity contribution < 1.29 is 22.6 Å². The Kier molecular flexibility index (Phi) is 4.63. The number of para-hydroxylation sites is 2. The SMILES string of the molecule is COc1ccc2cc(S(=O)(=O)NC[C@@H]3COc4ccccc4O3)ccc2c1. The van der Waals surface area contributed by atoms with E-state index in [0.717, 1.165) is 16.5 Å². The molecule has 1 N–H and O–H groups in total. The molecule has 0 fully saturated rings. The van der Waals surface area contributed by atoms with Crippen LogP contribution >= 0.6 is 0 Å². The third kappa shape index (κ3) is 3.70. The van der Waals surface area contributed by atoms with Crippen molar-refractivity contribution >= 4 is 20.8 Å². The molecule has 0 amide bonds. The van der Waals surface area contributed by atoms with Gasteiger partial charge in [-0.3, -0.25) is 0 Å². The molecule has 0 saturated carbocycles. The third-order valence-corrected chi connectivity index (χ3v) is 5.82. The largest absolute Gasteiger partial charge is 0.497 e. The Balaban J connectivity index is 1.48. The number of ether oxygens (including phenoxy) is 3. The van der Waals surface area contributed by atoms with Crippen molar-refractivity contribution in [2.75, 3.05) is 20.3 Å². The molecular weight excluding hydrogens is 366 g/mol. The quantitative estimate of drug-likeness (QED) is 0.731. The second-order valence-corrected chi connectivity index (χ2v) is 7.99.